The minimum Gasteiger partial charge on any atom is -0.256 e. The molecule has 1 aromatic heterocycles. The van der Waals surface area contributed by atoms with Crippen LogP contribution in [0.25, 0.3) is 22.0 Å². The Morgan fingerprint density at radius 3 is 2.50 bits per heavy atom. The van der Waals surface area contributed by atoms with Gasteiger partial charge in [0.2, 0.25) is 0 Å². The van der Waals surface area contributed by atoms with Crippen molar-refractivity contribution in [3.05, 3.63) is 65.3 Å². The zero-order chi connectivity index (χ0) is 12.5. The fourth-order valence-electron chi connectivity index (χ4n) is 2.14. The number of nitrogens with zero attached hydrogens (tertiary/aromatic N) is 1. The number of hydrogen-bond acceptors (Lipinski definition) is 1. The second kappa shape index (κ2) is 4.43. The second-order valence-corrected chi connectivity index (χ2v) is 4.82. The molecule has 0 saturated heterocycles. The summed E-state index contributed by atoms with van der Waals surface area (Å²) in [6, 6.07) is 16.3. The van der Waals surface area contributed by atoms with Crippen molar-refractivity contribution < 1.29 is 0 Å². The van der Waals surface area contributed by atoms with Gasteiger partial charge in [0.25, 0.3) is 0 Å². The Bertz CT molecular complexity index is 702. The Balaban J connectivity index is 2.28. The third-order valence-electron chi connectivity index (χ3n) is 3.05. The van der Waals surface area contributed by atoms with Gasteiger partial charge in [0.15, 0.2) is 0 Å². The van der Waals surface area contributed by atoms with E-state index in [1.54, 1.807) is 0 Å². The van der Waals surface area contributed by atoms with Gasteiger partial charge in [-0.25, -0.2) is 0 Å². The summed E-state index contributed by atoms with van der Waals surface area (Å²) in [6.45, 7) is 2.10. The van der Waals surface area contributed by atoms with Crippen molar-refractivity contribution in [3.8, 4) is 11.1 Å². The Labute approximate surface area is 111 Å². The van der Waals surface area contributed by atoms with Crippen molar-refractivity contribution in [1.82, 2.24) is 4.98 Å². The fraction of sp³-hybridized carbons (Fsp3) is 0.0625. The first-order valence-corrected chi connectivity index (χ1v) is 6.23. The predicted molar refractivity (Wildman–Crippen MR) is 76.9 cm³/mol. The lowest BCUT2D eigenvalue weighted by atomic mass is 10.0. The first-order valence-electron chi connectivity index (χ1n) is 5.85. The summed E-state index contributed by atoms with van der Waals surface area (Å²) >= 11 is 5.93. The number of aryl methyl sites for hydroxylation is 1. The molecule has 0 amide bonds. The molecular weight excluding hydrogens is 242 g/mol. The van der Waals surface area contributed by atoms with Crippen molar-refractivity contribution in [1.29, 1.82) is 0 Å². The van der Waals surface area contributed by atoms with Gasteiger partial charge in [-0.1, -0.05) is 35.4 Å². The van der Waals surface area contributed by atoms with Crippen molar-refractivity contribution >= 4 is 22.5 Å². The van der Waals surface area contributed by atoms with Crippen LogP contribution in [0.5, 0.6) is 0 Å². The SMILES string of the molecule is Cc1ccc2nccc(-c3ccc(Cl)cc3)c2c1. The van der Waals surface area contributed by atoms with Crippen molar-refractivity contribution in [2.45, 2.75) is 6.92 Å². The molecule has 0 radical (unpaired) electrons. The third kappa shape index (κ3) is 1.98. The molecule has 2 aromatic carbocycles. The molecular formula is C16H12ClN. The van der Waals surface area contributed by atoms with Gasteiger partial charge < -0.3 is 0 Å². The van der Waals surface area contributed by atoms with E-state index in [2.05, 4.69) is 30.1 Å². The molecule has 0 aliphatic carbocycles. The van der Waals surface area contributed by atoms with Gasteiger partial charge in [-0.05, 0) is 48.4 Å². The monoisotopic (exact) mass is 253 g/mol. The van der Waals surface area contributed by atoms with E-state index in [0.717, 1.165) is 16.1 Å². The number of halogens is 1. The summed E-state index contributed by atoms with van der Waals surface area (Å²) in [6.07, 6.45) is 1.85. The highest BCUT2D eigenvalue weighted by atomic mass is 35.5. The number of benzene rings is 2. The molecule has 0 fully saturated rings. The van der Waals surface area contributed by atoms with E-state index in [0.29, 0.717) is 0 Å². The maximum atomic E-state index is 5.93. The number of aromatic nitrogens is 1. The van der Waals surface area contributed by atoms with Crippen molar-refractivity contribution in [2.75, 3.05) is 0 Å². The van der Waals surface area contributed by atoms with Gasteiger partial charge in [0.1, 0.15) is 0 Å². The van der Waals surface area contributed by atoms with E-state index in [4.69, 9.17) is 11.6 Å². The molecule has 18 heavy (non-hydrogen) atoms. The molecule has 0 unspecified atom stereocenters. The van der Waals surface area contributed by atoms with Crippen LogP contribution in [0.2, 0.25) is 5.02 Å². The normalized spacial score (nSPS) is 10.8. The summed E-state index contributed by atoms with van der Waals surface area (Å²) in [7, 11) is 0. The molecule has 0 bridgehead atoms. The Morgan fingerprint density at radius 2 is 1.72 bits per heavy atom. The van der Waals surface area contributed by atoms with Crippen LogP contribution >= 0.6 is 11.6 Å². The summed E-state index contributed by atoms with van der Waals surface area (Å²) < 4.78 is 0. The smallest absolute Gasteiger partial charge is 0.0708 e. The van der Waals surface area contributed by atoms with Crippen LogP contribution in [0, 0.1) is 6.92 Å². The third-order valence-corrected chi connectivity index (χ3v) is 3.30. The lowest BCUT2D eigenvalue weighted by Crippen LogP contribution is -1.85. The molecule has 0 saturated carbocycles. The number of fused-ring (bicyclic) bond motifs is 1. The van der Waals surface area contributed by atoms with Crippen molar-refractivity contribution in [2.24, 2.45) is 0 Å². The molecule has 3 aromatic rings. The van der Waals surface area contributed by atoms with Crippen LogP contribution in [-0.2, 0) is 0 Å². The van der Waals surface area contributed by atoms with Crippen LogP contribution < -0.4 is 0 Å². The quantitative estimate of drug-likeness (QED) is 0.603. The maximum absolute atomic E-state index is 5.93. The highest BCUT2D eigenvalue weighted by Crippen LogP contribution is 2.28. The Hall–Kier alpha value is -1.86. The first-order chi connectivity index (χ1) is 8.74. The van der Waals surface area contributed by atoms with Crippen LogP contribution in [0.1, 0.15) is 5.56 Å². The van der Waals surface area contributed by atoms with Crippen LogP contribution in [0.15, 0.2) is 54.7 Å². The van der Waals surface area contributed by atoms with E-state index in [-0.39, 0.29) is 0 Å². The molecule has 0 N–H and O–H groups in total. The van der Waals surface area contributed by atoms with Crippen molar-refractivity contribution in [3.63, 3.8) is 0 Å². The summed E-state index contributed by atoms with van der Waals surface area (Å²) in [5, 5.41) is 1.94. The Kier molecular flexibility index (Phi) is 2.77. The van der Waals surface area contributed by atoms with Gasteiger partial charge in [-0.2, -0.15) is 0 Å². The zero-order valence-electron chi connectivity index (χ0n) is 10.0. The summed E-state index contributed by atoms with van der Waals surface area (Å²) in [5.74, 6) is 0. The lowest BCUT2D eigenvalue weighted by Gasteiger charge is -2.07. The van der Waals surface area contributed by atoms with Gasteiger partial charge in [0, 0.05) is 16.6 Å². The molecule has 0 spiro atoms. The minimum absolute atomic E-state index is 0.758. The molecule has 1 nitrogen and oxygen atoms in total. The predicted octanol–water partition coefficient (Wildman–Crippen LogP) is 4.86. The fourth-order valence-corrected chi connectivity index (χ4v) is 2.27. The lowest BCUT2D eigenvalue weighted by molar-refractivity contribution is 1.39. The van der Waals surface area contributed by atoms with Gasteiger partial charge in [-0.3, -0.25) is 4.98 Å². The first kappa shape index (κ1) is 11.2. The second-order valence-electron chi connectivity index (χ2n) is 4.39. The standard InChI is InChI=1S/C16H12ClN/c1-11-2-7-16-15(10-11)14(8-9-18-16)12-3-5-13(17)6-4-12/h2-10H,1H3. The molecule has 3 rings (SSSR count). The van der Waals surface area contributed by atoms with Crippen LogP contribution in [0.4, 0.5) is 0 Å². The van der Waals surface area contributed by atoms with Gasteiger partial charge in [-0.15, -0.1) is 0 Å². The highest BCUT2D eigenvalue weighted by Gasteiger charge is 2.04. The van der Waals surface area contributed by atoms with E-state index in [9.17, 15) is 0 Å². The number of rotatable bonds is 1. The van der Waals surface area contributed by atoms with E-state index < -0.39 is 0 Å². The summed E-state index contributed by atoms with van der Waals surface area (Å²) in [4.78, 5) is 4.40. The van der Waals surface area contributed by atoms with Crippen LogP contribution in [0.3, 0.4) is 0 Å². The summed E-state index contributed by atoms with van der Waals surface area (Å²) in [5.41, 5.74) is 4.62. The average molecular weight is 254 g/mol. The van der Waals surface area contributed by atoms with E-state index in [1.165, 1.54) is 16.5 Å². The number of pyridine rings is 1. The topological polar surface area (TPSA) is 12.9 Å². The van der Waals surface area contributed by atoms with Gasteiger partial charge >= 0.3 is 0 Å². The van der Waals surface area contributed by atoms with Crippen LogP contribution in [-0.4, -0.2) is 4.98 Å². The maximum Gasteiger partial charge on any atom is 0.0708 e. The highest BCUT2D eigenvalue weighted by molar-refractivity contribution is 6.30. The molecule has 1 heterocycles. The van der Waals surface area contributed by atoms with E-state index in [1.807, 2.05) is 36.5 Å². The molecule has 0 atom stereocenters. The van der Waals surface area contributed by atoms with E-state index >= 15 is 0 Å². The average Bonchev–Trinajstić information content (AvgIpc) is 2.39. The molecule has 0 aliphatic heterocycles. The largest absolute Gasteiger partial charge is 0.256 e. The minimum atomic E-state index is 0.758. The Morgan fingerprint density at radius 1 is 0.944 bits per heavy atom. The number of hydrogen-bond donors (Lipinski definition) is 0. The molecule has 0 aliphatic rings. The van der Waals surface area contributed by atoms with Gasteiger partial charge in [0.05, 0.1) is 5.52 Å². The zero-order valence-corrected chi connectivity index (χ0v) is 10.8. The molecule has 88 valence electrons. The molecule has 2 heteroatoms.